The normalized spacial score (nSPS) is 12.3. The molecule has 0 aliphatic carbocycles. The molecule has 6 nitrogen and oxygen atoms in total. The number of aliphatic hydroxyl groups excluding tert-OH is 1. The molecule has 0 aliphatic heterocycles. The predicted molar refractivity (Wildman–Crippen MR) is 116 cm³/mol. The van der Waals surface area contributed by atoms with Gasteiger partial charge in [0, 0.05) is 36.1 Å². The van der Waals surface area contributed by atoms with E-state index in [0.29, 0.717) is 23.1 Å². The fourth-order valence-corrected chi connectivity index (χ4v) is 2.48. The van der Waals surface area contributed by atoms with Crippen LogP contribution in [0.2, 0.25) is 5.02 Å². The number of hydrogen-bond donors (Lipinski definition) is 3. The van der Waals surface area contributed by atoms with E-state index in [1.807, 2.05) is 6.92 Å². The van der Waals surface area contributed by atoms with E-state index in [2.05, 4.69) is 25.3 Å². The molecule has 1 aromatic carbocycles. The SMILES string of the molecule is CCNC(=NCc1cc(Cl)ccc1OC(F)F)NCC(O)c1ccncc1.I. The van der Waals surface area contributed by atoms with Crippen LogP contribution in [-0.2, 0) is 6.54 Å². The summed E-state index contributed by atoms with van der Waals surface area (Å²) in [5.41, 5.74) is 1.14. The summed E-state index contributed by atoms with van der Waals surface area (Å²) in [6.45, 7) is -0.167. The van der Waals surface area contributed by atoms with Crippen LogP contribution in [0.25, 0.3) is 0 Å². The van der Waals surface area contributed by atoms with Crippen LogP contribution in [0, 0.1) is 0 Å². The fourth-order valence-electron chi connectivity index (χ4n) is 2.29. The third-order valence-corrected chi connectivity index (χ3v) is 3.78. The first-order valence-electron chi connectivity index (χ1n) is 8.33. The second-order valence-corrected chi connectivity index (χ2v) is 5.94. The Hall–Kier alpha value is -1.72. The van der Waals surface area contributed by atoms with Gasteiger partial charge in [0.25, 0.3) is 0 Å². The quantitative estimate of drug-likeness (QED) is 0.278. The number of halogens is 4. The van der Waals surface area contributed by atoms with Gasteiger partial charge in [0.1, 0.15) is 5.75 Å². The number of benzene rings is 1. The van der Waals surface area contributed by atoms with E-state index in [9.17, 15) is 13.9 Å². The van der Waals surface area contributed by atoms with Gasteiger partial charge >= 0.3 is 6.61 Å². The molecule has 0 amide bonds. The summed E-state index contributed by atoms with van der Waals surface area (Å²) >= 11 is 5.94. The maximum atomic E-state index is 12.5. The number of nitrogens with zero attached hydrogens (tertiary/aromatic N) is 2. The number of aliphatic imine (C=N–C) groups is 1. The van der Waals surface area contributed by atoms with Gasteiger partial charge in [0.15, 0.2) is 5.96 Å². The first-order chi connectivity index (χ1) is 13.0. The molecule has 0 saturated heterocycles. The highest BCUT2D eigenvalue weighted by atomic mass is 127. The minimum absolute atomic E-state index is 0. The zero-order chi connectivity index (χ0) is 19.6. The van der Waals surface area contributed by atoms with Gasteiger partial charge in [0.2, 0.25) is 0 Å². The Balaban J connectivity index is 0.00000392. The Bertz CT molecular complexity index is 754. The number of guanidine groups is 1. The van der Waals surface area contributed by atoms with Crippen molar-refractivity contribution in [1.82, 2.24) is 15.6 Å². The first kappa shape index (κ1) is 24.3. The molecule has 0 radical (unpaired) electrons. The van der Waals surface area contributed by atoms with Gasteiger partial charge in [-0.2, -0.15) is 8.78 Å². The van der Waals surface area contributed by atoms with Crippen molar-refractivity contribution >= 4 is 41.5 Å². The molecule has 0 spiro atoms. The molecular formula is C18H22ClF2IN4O2. The van der Waals surface area contributed by atoms with E-state index in [-0.39, 0.29) is 42.8 Å². The van der Waals surface area contributed by atoms with E-state index in [1.165, 1.54) is 18.2 Å². The molecule has 0 aliphatic rings. The summed E-state index contributed by atoms with van der Waals surface area (Å²) in [5, 5.41) is 16.6. The monoisotopic (exact) mass is 526 g/mol. The average Bonchev–Trinajstić information content (AvgIpc) is 2.66. The molecule has 0 fully saturated rings. The summed E-state index contributed by atoms with van der Waals surface area (Å²) in [6.07, 6.45) is 2.45. The average molecular weight is 527 g/mol. The molecule has 1 aromatic heterocycles. The van der Waals surface area contributed by atoms with E-state index in [1.54, 1.807) is 24.5 Å². The molecule has 2 aromatic rings. The molecule has 1 heterocycles. The van der Waals surface area contributed by atoms with Gasteiger partial charge < -0.3 is 20.5 Å². The highest BCUT2D eigenvalue weighted by molar-refractivity contribution is 14.0. The Kier molecular flexibility index (Phi) is 11.0. The molecule has 10 heteroatoms. The van der Waals surface area contributed by atoms with Crippen LogP contribution >= 0.6 is 35.6 Å². The Morgan fingerprint density at radius 2 is 1.96 bits per heavy atom. The number of pyridine rings is 1. The van der Waals surface area contributed by atoms with Crippen molar-refractivity contribution in [3.05, 3.63) is 58.9 Å². The second-order valence-electron chi connectivity index (χ2n) is 5.50. The summed E-state index contributed by atoms with van der Waals surface area (Å²) in [7, 11) is 0. The van der Waals surface area contributed by atoms with Crippen molar-refractivity contribution < 1.29 is 18.6 Å². The van der Waals surface area contributed by atoms with Crippen LogP contribution in [-0.4, -0.2) is 35.8 Å². The predicted octanol–water partition coefficient (Wildman–Crippen LogP) is 3.74. The smallest absolute Gasteiger partial charge is 0.387 e. The lowest BCUT2D eigenvalue weighted by molar-refractivity contribution is -0.0504. The van der Waals surface area contributed by atoms with Crippen LogP contribution in [0.3, 0.4) is 0 Å². The van der Waals surface area contributed by atoms with Crippen molar-refractivity contribution in [1.29, 1.82) is 0 Å². The number of ether oxygens (including phenoxy) is 1. The topological polar surface area (TPSA) is 78.8 Å². The van der Waals surface area contributed by atoms with Crippen LogP contribution in [0.4, 0.5) is 8.78 Å². The van der Waals surface area contributed by atoms with Crippen LogP contribution < -0.4 is 15.4 Å². The molecule has 2 rings (SSSR count). The van der Waals surface area contributed by atoms with E-state index in [4.69, 9.17) is 11.6 Å². The van der Waals surface area contributed by atoms with Crippen molar-refractivity contribution in [2.75, 3.05) is 13.1 Å². The zero-order valence-electron chi connectivity index (χ0n) is 15.1. The maximum Gasteiger partial charge on any atom is 0.387 e. The van der Waals surface area contributed by atoms with Gasteiger partial charge in [-0.25, -0.2) is 4.99 Å². The van der Waals surface area contributed by atoms with E-state index in [0.717, 1.165) is 5.56 Å². The number of rotatable bonds is 8. The zero-order valence-corrected chi connectivity index (χ0v) is 18.2. The van der Waals surface area contributed by atoms with Gasteiger partial charge in [-0.15, -0.1) is 24.0 Å². The third-order valence-electron chi connectivity index (χ3n) is 3.54. The van der Waals surface area contributed by atoms with Crippen molar-refractivity contribution in [3.8, 4) is 5.75 Å². The molecule has 0 bridgehead atoms. The molecule has 28 heavy (non-hydrogen) atoms. The molecule has 154 valence electrons. The van der Waals surface area contributed by atoms with Gasteiger partial charge in [0.05, 0.1) is 12.6 Å². The number of nitrogens with one attached hydrogen (secondary N) is 2. The second kappa shape index (κ2) is 12.7. The van der Waals surface area contributed by atoms with Gasteiger partial charge in [-0.1, -0.05) is 11.6 Å². The lowest BCUT2D eigenvalue weighted by atomic mass is 10.1. The summed E-state index contributed by atoms with van der Waals surface area (Å²) in [5.74, 6) is 0.444. The summed E-state index contributed by atoms with van der Waals surface area (Å²) in [6, 6.07) is 7.82. The van der Waals surface area contributed by atoms with Crippen LogP contribution in [0.15, 0.2) is 47.7 Å². The highest BCUT2D eigenvalue weighted by Crippen LogP contribution is 2.25. The number of alkyl halides is 2. The number of hydrogen-bond acceptors (Lipinski definition) is 4. The van der Waals surface area contributed by atoms with Gasteiger partial charge in [-0.05, 0) is 42.8 Å². The molecule has 0 saturated carbocycles. The standard InChI is InChI=1S/C18H21ClF2N4O2.HI/c1-2-23-18(25-11-15(26)12-5-7-22-8-6-12)24-10-13-9-14(19)3-4-16(13)27-17(20)21;/h3-9,15,17,26H,2,10-11H2,1H3,(H2,23,24,25);1H. The first-order valence-corrected chi connectivity index (χ1v) is 8.70. The Labute approximate surface area is 184 Å². The molecule has 3 N–H and O–H groups in total. The van der Waals surface area contributed by atoms with Crippen LogP contribution in [0.1, 0.15) is 24.2 Å². The maximum absolute atomic E-state index is 12.5. The minimum atomic E-state index is -2.93. The third kappa shape index (κ3) is 8.11. The van der Waals surface area contributed by atoms with Gasteiger partial charge in [-0.3, -0.25) is 4.98 Å². The van der Waals surface area contributed by atoms with Crippen molar-refractivity contribution in [2.45, 2.75) is 26.2 Å². The number of aromatic nitrogens is 1. The lowest BCUT2D eigenvalue weighted by Crippen LogP contribution is -2.39. The summed E-state index contributed by atoms with van der Waals surface area (Å²) < 4.78 is 29.6. The lowest BCUT2D eigenvalue weighted by Gasteiger charge is -2.16. The fraction of sp³-hybridized carbons (Fsp3) is 0.333. The highest BCUT2D eigenvalue weighted by Gasteiger charge is 2.11. The molecular weight excluding hydrogens is 505 g/mol. The van der Waals surface area contributed by atoms with Crippen molar-refractivity contribution in [2.24, 2.45) is 4.99 Å². The largest absolute Gasteiger partial charge is 0.434 e. The summed E-state index contributed by atoms with van der Waals surface area (Å²) in [4.78, 5) is 8.25. The minimum Gasteiger partial charge on any atom is -0.434 e. The van der Waals surface area contributed by atoms with Crippen molar-refractivity contribution in [3.63, 3.8) is 0 Å². The number of aliphatic hydroxyl groups is 1. The van der Waals surface area contributed by atoms with E-state index >= 15 is 0 Å². The Morgan fingerprint density at radius 1 is 1.25 bits per heavy atom. The van der Waals surface area contributed by atoms with E-state index < -0.39 is 12.7 Å². The molecule has 1 atom stereocenters. The Morgan fingerprint density at radius 3 is 2.61 bits per heavy atom. The molecule has 1 unspecified atom stereocenters. The van der Waals surface area contributed by atoms with Crippen LogP contribution in [0.5, 0.6) is 5.75 Å².